The molecule has 4 aliphatic carbocycles. The van der Waals surface area contributed by atoms with Crippen LogP contribution in [0.25, 0.3) is 0 Å². The molecule has 2 unspecified atom stereocenters. The Morgan fingerprint density at radius 3 is 2.77 bits per heavy atom. The molecule has 30 heavy (non-hydrogen) atoms. The Morgan fingerprint density at radius 2 is 2.03 bits per heavy atom. The van der Waals surface area contributed by atoms with E-state index in [4.69, 9.17) is 11.6 Å². The molecule has 2 aromatic heterocycles. The van der Waals surface area contributed by atoms with Gasteiger partial charge < -0.3 is 10.6 Å². The van der Waals surface area contributed by atoms with Gasteiger partial charge in [0, 0.05) is 24.5 Å². The van der Waals surface area contributed by atoms with Crippen LogP contribution in [0.4, 0.5) is 5.69 Å². The highest BCUT2D eigenvalue weighted by Gasteiger charge is 2.57. The van der Waals surface area contributed by atoms with Crippen molar-refractivity contribution in [3.63, 3.8) is 0 Å². The fraction of sp³-hybridized carbons (Fsp3) is 0.545. The average molecular weight is 428 g/mol. The summed E-state index contributed by atoms with van der Waals surface area (Å²) in [6.07, 6.45) is 11.3. The number of hydrogen-bond acceptors (Lipinski definition) is 5. The first-order valence-corrected chi connectivity index (χ1v) is 11.0. The van der Waals surface area contributed by atoms with Gasteiger partial charge in [-0.05, 0) is 74.0 Å². The molecule has 0 aliphatic heterocycles. The molecule has 2 aromatic rings. The Kier molecular flexibility index (Phi) is 4.81. The Hall–Kier alpha value is -2.41. The lowest BCUT2D eigenvalue weighted by atomic mass is 9.80. The molecule has 2 heterocycles. The predicted octanol–water partition coefficient (Wildman–Crippen LogP) is 2.91. The van der Waals surface area contributed by atoms with Crippen molar-refractivity contribution in [3.8, 4) is 0 Å². The van der Waals surface area contributed by atoms with Crippen LogP contribution in [0.3, 0.4) is 0 Å². The minimum atomic E-state index is -0.439. The highest BCUT2D eigenvalue weighted by atomic mass is 35.5. The van der Waals surface area contributed by atoms with Gasteiger partial charge in [0.05, 0.1) is 11.9 Å². The molecule has 4 saturated carbocycles. The van der Waals surface area contributed by atoms with Crippen LogP contribution >= 0.6 is 11.6 Å². The first-order valence-electron chi connectivity index (χ1n) is 10.6. The third-order valence-electron chi connectivity index (χ3n) is 7.26. The van der Waals surface area contributed by atoms with E-state index >= 15 is 0 Å². The van der Waals surface area contributed by atoms with Crippen molar-refractivity contribution in [1.29, 1.82) is 0 Å². The third kappa shape index (κ3) is 3.39. The van der Waals surface area contributed by atoms with Crippen molar-refractivity contribution in [3.05, 3.63) is 51.2 Å². The number of hydrogen-bond donors (Lipinski definition) is 2. The fourth-order valence-electron chi connectivity index (χ4n) is 6.02. The van der Waals surface area contributed by atoms with Gasteiger partial charge >= 0.3 is 0 Å². The summed E-state index contributed by atoms with van der Waals surface area (Å²) < 4.78 is 1.12. The van der Waals surface area contributed by atoms with Crippen LogP contribution in [0.1, 0.15) is 43.2 Å². The molecule has 4 aliphatic rings. The number of carbonyl (C=O) groups is 1. The van der Waals surface area contributed by atoms with E-state index in [0.717, 1.165) is 40.5 Å². The van der Waals surface area contributed by atoms with Crippen molar-refractivity contribution in [2.75, 3.05) is 5.32 Å². The second kappa shape index (κ2) is 7.38. The zero-order valence-electron chi connectivity index (χ0n) is 17.0. The average Bonchev–Trinajstić information content (AvgIpc) is 3.10. The SMILES string of the molecule is Cc1cnccc1CNC(=O)Cn1ncc(NC23CC4CC(CC2C4)C3)c(Cl)c1=O. The number of aryl methyl sites for hydroxylation is 1. The highest BCUT2D eigenvalue weighted by molar-refractivity contribution is 6.33. The topological polar surface area (TPSA) is 88.9 Å². The second-order valence-corrected chi connectivity index (χ2v) is 9.62. The number of amides is 1. The minimum Gasteiger partial charge on any atom is -0.377 e. The number of aromatic nitrogens is 3. The number of nitrogens with zero attached hydrogens (tertiary/aromatic N) is 3. The van der Waals surface area contributed by atoms with Crippen LogP contribution in [0.5, 0.6) is 0 Å². The summed E-state index contributed by atoms with van der Waals surface area (Å²) in [7, 11) is 0. The van der Waals surface area contributed by atoms with Gasteiger partial charge in [-0.15, -0.1) is 0 Å². The summed E-state index contributed by atoms with van der Waals surface area (Å²) in [6, 6.07) is 1.86. The van der Waals surface area contributed by atoms with Gasteiger partial charge in [-0.25, -0.2) is 4.68 Å². The number of pyridine rings is 1. The predicted molar refractivity (Wildman–Crippen MR) is 114 cm³/mol. The van der Waals surface area contributed by atoms with Gasteiger partial charge in [-0.1, -0.05) is 11.6 Å². The van der Waals surface area contributed by atoms with E-state index in [1.54, 1.807) is 18.6 Å². The third-order valence-corrected chi connectivity index (χ3v) is 7.63. The maximum absolute atomic E-state index is 12.7. The Morgan fingerprint density at radius 1 is 1.27 bits per heavy atom. The monoisotopic (exact) mass is 427 g/mol. The second-order valence-electron chi connectivity index (χ2n) is 9.24. The molecule has 0 spiro atoms. The zero-order chi connectivity index (χ0) is 20.9. The number of nitrogens with one attached hydrogen (secondary N) is 2. The van der Waals surface area contributed by atoms with E-state index in [1.165, 1.54) is 19.3 Å². The zero-order valence-corrected chi connectivity index (χ0v) is 17.8. The lowest BCUT2D eigenvalue weighted by molar-refractivity contribution is -0.122. The van der Waals surface area contributed by atoms with E-state index < -0.39 is 5.56 Å². The Bertz CT molecular complexity index is 1040. The molecule has 0 aromatic carbocycles. The van der Waals surface area contributed by atoms with Crippen molar-refractivity contribution >= 4 is 23.2 Å². The maximum Gasteiger partial charge on any atom is 0.288 e. The summed E-state index contributed by atoms with van der Waals surface area (Å²) >= 11 is 6.41. The fourth-order valence-corrected chi connectivity index (χ4v) is 6.21. The first-order chi connectivity index (χ1) is 14.4. The molecule has 0 radical (unpaired) electrons. The number of carbonyl (C=O) groups excluding carboxylic acids is 1. The molecule has 158 valence electrons. The van der Waals surface area contributed by atoms with E-state index in [2.05, 4.69) is 20.7 Å². The van der Waals surface area contributed by atoms with Crippen molar-refractivity contribution in [2.45, 2.75) is 57.7 Å². The quantitative estimate of drug-likeness (QED) is 0.739. The molecule has 2 atom stereocenters. The lowest BCUT2D eigenvalue weighted by Gasteiger charge is -2.35. The van der Waals surface area contributed by atoms with E-state index in [-0.39, 0.29) is 23.0 Å². The number of halogens is 1. The van der Waals surface area contributed by atoms with E-state index in [9.17, 15) is 9.59 Å². The van der Waals surface area contributed by atoms with Crippen molar-refractivity contribution < 1.29 is 4.79 Å². The van der Waals surface area contributed by atoms with Crippen LogP contribution < -0.4 is 16.2 Å². The molecular formula is C22H26ClN5O2. The van der Waals surface area contributed by atoms with Gasteiger partial charge in [0.1, 0.15) is 11.6 Å². The van der Waals surface area contributed by atoms with Crippen LogP contribution in [-0.4, -0.2) is 26.2 Å². The molecular weight excluding hydrogens is 402 g/mol. The lowest BCUT2D eigenvalue weighted by Crippen LogP contribution is -2.40. The molecule has 6 rings (SSSR count). The largest absolute Gasteiger partial charge is 0.377 e. The standard InChI is InChI=1S/C22H26ClN5O2/c1-13-9-24-3-2-16(13)10-25-19(29)12-28-21(30)20(23)18(11-26-28)27-22-7-14-4-15(8-22)6-17(22)5-14/h2-3,9,11,14-15,17,27H,4-8,10,12H2,1H3,(H,25,29). The van der Waals surface area contributed by atoms with Gasteiger partial charge in [-0.2, -0.15) is 5.10 Å². The Labute approximate surface area is 180 Å². The number of rotatable bonds is 6. The molecule has 8 heteroatoms. The molecule has 2 N–H and O–H groups in total. The number of anilines is 1. The van der Waals surface area contributed by atoms with Gasteiger partial charge in [-0.3, -0.25) is 14.6 Å². The van der Waals surface area contributed by atoms with Crippen LogP contribution in [-0.2, 0) is 17.9 Å². The molecule has 7 nitrogen and oxygen atoms in total. The normalized spacial score (nSPS) is 28.7. The van der Waals surface area contributed by atoms with E-state index in [1.807, 2.05) is 13.0 Å². The molecule has 4 fully saturated rings. The minimum absolute atomic E-state index is 0.0668. The molecule has 4 bridgehead atoms. The summed E-state index contributed by atoms with van der Waals surface area (Å²) in [5.74, 6) is 1.98. The van der Waals surface area contributed by atoms with Crippen LogP contribution in [0, 0.1) is 24.7 Å². The summed E-state index contributed by atoms with van der Waals surface area (Å²) in [5, 5.41) is 10.8. The van der Waals surface area contributed by atoms with Crippen LogP contribution in [0.15, 0.2) is 29.5 Å². The first kappa shape index (κ1) is 19.5. The van der Waals surface area contributed by atoms with E-state index in [0.29, 0.717) is 18.2 Å². The van der Waals surface area contributed by atoms with Crippen molar-refractivity contribution in [1.82, 2.24) is 20.1 Å². The van der Waals surface area contributed by atoms with Gasteiger partial charge in [0.2, 0.25) is 5.91 Å². The van der Waals surface area contributed by atoms with Crippen LogP contribution in [0.2, 0.25) is 5.02 Å². The maximum atomic E-state index is 12.7. The molecule has 0 saturated heterocycles. The summed E-state index contributed by atoms with van der Waals surface area (Å²) in [6.45, 7) is 2.15. The smallest absolute Gasteiger partial charge is 0.288 e. The summed E-state index contributed by atoms with van der Waals surface area (Å²) in [4.78, 5) is 29.1. The molecule has 1 amide bonds. The summed E-state index contributed by atoms with van der Waals surface area (Å²) in [5.41, 5.74) is 2.21. The Balaban J connectivity index is 1.26. The van der Waals surface area contributed by atoms with Crippen molar-refractivity contribution in [2.24, 2.45) is 17.8 Å². The van der Waals surface area contributed by atoms with Gasteiger partial charge in [0.25, 0.3) is 5.56 Å². The highest BCUT2D eigenvalue weighted by Crippen LogP contribution is 2.61. The van der Waals surface area contributed by atoms with Gasteiger partial charge in [0.15, 0.2) is 0 Å².